The van der Waals surface area contributed by atoms with Crippen molar-refractivity contribution in [3.05, 3.63) is 101 Å². The summed E-state index contributed by atoms with van der Waals surface area (Å²) in [6, 6.07) is 21.3. The predicted molar refractivity (Wildman–Crippen MR) is 134 cm³/mol. The minimum Gasteiger partial charge on any atom is -0.507 e. The van der Waals surface area contributed by atoms with E-state index in [0.717, 1.165) is 16.7 Å². The fourth-order valence-electron chi connectivity index (χ4n) is 4.11. The Morgan fingerprint density at radius 2 is 1.65 bits per heavy atom. The number of aryl methyl sites for hydroxylation is 2. The molecule has 0 radical (unpaired) electrons. The van der Waals surface area contributed by atoms with Crippen LogP contribution in [-0.2, 0) is 9.59 Å². The standard InChI is InChI=1S/C29H29NO4/c1-18(2)17-34-24-10-6-9-22(16-24)27(31)25-26(21-8-5-7-20(4)15-21)30(29(33)28(25)32)23-13-11-19(3)12-14-23/h5-16,18,26,31H,17H2,1-4H3/b27-25-. The fraction of sp³-hybridized carbons (Fsp3) is 0.241. The average molecular weight is 456 g/mol. The van der Waals surface area contributed by atoms with Crippen LogP contribution in [0.25, 0.3) is 5.76 Å². The van der Waals surface area contributed by atoms with E-state index in [1.54, 1.807) is 18.2 Å². The smallest absolute Gasteiger partial charge is 0.300 e. The Bertz CT molecular complexity index is 1260. The van der Waals surface area contributed by atoms with Gasteiger partial charge in [0.15, 0.2) is 0 Å². The average Bonchev–Trinajstić information content (AvgIpc) is 3.08. The largest absolute Gasteiger partial charge is 0.507 e. The van der Waals surface area contributed by atoms with Gasteiger partial charge in [0.2, 0.25) is 0 Å². The highest BCUT2D eigenvalue weighted by molar-refractivity contribution is 6.51. The highest BCUT2D eigenvalue weighted by Crippen LogP contribution is 2.42. The van der Waals surface area contributed by atoms with Gasteiger partial charge in [0, 0.05) is 11.3 Å². The molecule has 1 atom stereocenters. The Kier molecular flexibility index (Phi) is 6.55. The first kappa shape index (κ1) is 23.3. The Labute approximate surface area is 200 Å². The Balaban J connectivity index is 1.86. The van der Waals surface area contributed by atoms with E-state index in [9.17, 15) is 14.7 Å². The van der Waals surface area contributed by atoms with Crippen LogP contribution >= 0.6 is 0 Å². The molecular formula is C29H29NO4. The highest BCUT2D eigenvalue weighted by Gasteiger charge is 2.47. The van der Waals surface area contributed by atoms with Crippen LogP contribution in [0.2, 0.25) is 0 Å². The molecule has 1 aliphatic rings. The number of nitrogens with zero attached hydrogens (tertiary/aromatic N) is 1. The number of aliphatic hydroxyl groups is 1. The van der Waals surface area contributed by atoms with Crippen molar-refractivity contribution in [2.75, 3.05) is 11.5 Å². The van der Waals surface area contributed by atoms with E-state index in [1.807, 2.05) is 68.4 Å². The summed E-state index contributed by atoms with van der Waals surface area (Å²) < 4.78 is 5.80. The summed E-state index contributed by atoms with van der Waals surface area (Å²) in [5.41, 5.74) is 3.90. The molecule has 0 spiro atoms. The molecule has 0 aromatic heterocycles. The maximum absolute atomic E-state index is 13.3. The molecule has 1 amide bonds. The van der Waals surface area contributed by atoms with E-state index in [-0.39, 0.29) is 11.3 Å². The summed E-state index contributed by atoms with van der Waals surface area (Å²) in [7, 11) is 0. The van der Waals surface area contributed by atoms with Crippen LogP contribution in [0.1, 0.15) is 42.1 Å². The summed E-state index contributed by atoms with van der Waals surface area (Å²) in [6.45, 7) is 8.56. The van der Waals surface area contributed by atoms with Crippen LogP contribution in [0.5, 0.6) is 5.75 Å². The van der Waals surface area contributed by atoms with Crippen molar-refractivity contribution in [2.45, 2.75) is 33.7 Å². The van der Waals surface area contributed by atoms with E-state index in [1.165, 1.54) is 4.90 Å². The molecule has 1 N–H and O–H groups in total. The van der Waals surface area contributed by atoms with Crippen LogP contribution in [0.3, 0.4) is 0 Å². The molecule has 0 aliphatic carbocycles. The minimum atomic E-state index is -0.747. The van der Waals surface area contributed by atoms with Gasteiger partial charge in [-0.05, 0) is 49.6 Å². The molecule has 1 fully saturated rings. The maximum Gasteiger partial charge on any atom is 0.300 e. The number of anilines is 1. The van der Waals surface area contributed by atoms with E-state index < -0.39 is 17.7 Å². The fourth-order valence-corrected chi connectivity index (χ4v) is 4.11. The van der Waals surface area contributed by atoms with E-state index in [2.05, 4.69) is 13.8 Å². The molecule has 1 heterocycles. The predicted octanol–water partition coefficient (Wildman–Crippen LogP) is 5.96. The lowest BCUT2D eigenvalue weighted by Crippen LogP contribution is -2.29. The number of carbonyl (C=O) groups excluding carboxylic acids is 2. The lowest BCUT2D eigenvalue weighted by Gasteiger charge is -2.26. The second kappa shape index (κ2) is 9.56. The number of aliphatic hydroxyl groups excluding tert-OH is 1. The number of carbonyl (C=O) groups is 2. The molecule has 0 saturated carbocycles. The number of hydrogen-bond acceptors (Lipinski definition) is 4. The van der Waals surface area contributed by atoms with Crippen LogP contribution in [-0.4, -0.2) is 23.4 Å². The molecule has 0 bridgehead atoms. The second-order valence-electron chi connectivity index (χ2n) is 9.15. The van der Waals surface area contributed by atoms with Gasteiger partial charge in [-0.1, -0.05) is 73.5 Å². The zero-order chi connectivity index (χ0) is 24.4. The van der Waals surface area contributed by atoms with Gasteiger partial charge in [-0.2, -0.15) is 0 Å². The SMILES string of the molecule is Cc1ccc(N2C(=O)C(=O)/C(=C(\O)c3cccc(OCC(C)C)c3)C2c2cccc(C)c2)cc1. The van der Waals surface area contributed by atoms with Crippen molar-refractivity contribution in [2.24, 2.45) is 5.92 Å². The minimum absolute atomic E-state index is 0.0668. The molecule has 5 nitrogen and oxygen atoms in total. The Morgan fingerprint density at radius 3 is 2.32 bits per heavy atom. The monoisotopic (exact) mass is 455 g/mol. The van der Waals surface area contributed by atoms with Gasteiger partial charge < -0.3 is 9.84 Å². The van der Waals surface area contributed by atoms with Crippen molar-refractivity contribution < 1.29 is 19.4 Å². The van der Waals surface area contributed by atoms with Crippen LogP contribution in [0.15, 0.2) is 78.4 Å². The molecule has 3 aromatic rings. The maximum atomic E-state index is 13.3. The molecular weight excluding hydrogens is 426 g/mol. The first-order chi connectivity index (χ1) is 16.3. The van der Waals surface area contributed by atoms with Crippen LogP contribution < -0.4 is 9.64 Å². The summed E-state index contributed by atoms with van der Waals surface area (Å²) in [6.07, 6.45) is 0. The summed E-state index contributed by atoms with van der Waals surface area (Å²) in [5, 5.41) is 11.3. The van der Waals surface area contributed by atoms with Gasteiger partial charge in [0.1, 0.15) is 11.5 Å². The van der Waals surface area contributed by atoms with Gasteiger partial charge in [-0.15, -0.1) is 0 Å². The molecule has 4 rings (SSSR count). The van der Waals surface area contributed by atoms with E-state index in [4.69, 9.17) is 4.74 Å². The normalized spacial score (nSPS) is 17.4. The zero-order valence-corrected chi connectivity index (χ0v) is 19.9. The second-order valence-corrected chi connectivity index (χ2v) is 9.15. The van der Waals surface area contributed by atoms with Crippen molar-refractivity contribution >= 4 is 23.1 Å². The van der Waals surface area contributed by atoms with Gasteiger partial charge in [-0.25, -0.2) is 0 Å². The molecule has 1 aliphatic heterocycles. The van der Waals surface area contributed by atoms with Gasteiger partial charge >= 0.3 is 0 Å². The first-order valence-corrected chi connectivity index (χ1v) is 11.4. The highest BCUT2D eigenvalue weighted by atomic mass is 16.5. The van der Waals surface area contributed by atoms with Crippen LogP contribution in [0, 0.1) is 19.8 Å². The van der Waals surface area contributed by atoms with Gasteiger partial charge in [0.05, 0.1) is 18.2 Å². The molecule has 1 saturated heterocycles. The lowest BCUT2D eigenvalue weighted by atomic mass is 9.94. The summed E-state index contributed by atoms with van der Waals surface area (Å²) in [5.74, 6) is -0.646. The van der Waals surface area contributed by atoms with Crippen molar-refractivity contribution in [3.63, 3.8) is 0 Å². The van der Waals surface area contributed by atoms with Crippen molar-refractivity contribution in [3.8, 4) is 5.75 Å². The molecule has 3 aromatic carbocycles. The molecule has 1 unspecified atom stereocenters. The lowest BCUT2D eigenvalue weighted by molar-refractivity contribution is -0.132. The summed E-state index contributed by atoms with van der Waals surface area (Å²) in [4.78, 5) is 28.0. The Morgan fingerprint density at radius 1 is 0.941 bits per heavy atom. The quantitative estimate of drug-likeness (QED) is 0.283. The number of hydrogen-bond donors (Lipinski definition) is 1. The van der Waals surface area contributed by atoms with Crippen molar-refractivity contribution in [1.82, 2.24) is 0 Å². The zero-order valence-electron chi connectivity index (χ0n) is 19.9. The third-order valence-electron chi connectivity index (χ3n) is 5.81. The van der Waals surface area contributed by atoms with E-state index >= 15 is 0 Å². The number of ether oxygens (including phenoxy) is 1. The van der Waals surface area contributed by atoms with Crippen LogP contribution in [0.4, 0.5) is 5.69 Å². The topological polar surface area (TPSA) is 66.8 Å². The summed E-state index contributed by atoms with van der Waals surface area (Å²) >= 11 is 0. The number of rotatable bonds is 6. The van der Waals surface area contributed by atoms with Gasteiger partial charge in [0.25, 0.3) is 11.7 Å². The number of Topliss-reactive ketones (excluding diaryl/α,β-unsaturated/α-hetero) is 1. The van der Waals surface area contributed by atoms with Gasteiger partial charge in [-0.3, -0.25) is 14.5 Å². The number of amides is 1. The van der Waals surface area contributed by atoms with E-state index in [0.29, 0.717) is 29.5 Å². The molecule has 174 valence electrons. The Hall–Kier alpha value is -3.86. The number of benzene rings is 3. The third-order valence-corrected chi connectivity index (χ3v) is 5.81. The number of ketones is 1. The third kappa shape index (κ3) is 4.60. The molecule has 5 heteroatoms. The first-order valence-electron chi connectivity index (χ1n) is 11.4. The molecule has 34 heavy (non-hydrogen) atoms. The van der Waals surface area contributed by atoms with Crippen molar-refractivity contribution in [1.29, 1.82) is 0 Å².